The van der Waals surface area contributed by atoms with Crippen molar-refractivity contribution in [2.75, 3.05) is 20.1 Å². The lowest BCUT2D eigenvalue weighted by Crippen LogP contribution is -2.33. The van der Waals surface area contributed by atoms with Crippen molar-refractivity contribution in [3.8, 4) is 0 Å². The second kappa shape index (κ2) is 4.40. The van der Waals surface area contributed by atoms with E-state index in [2.05, 4.69) is 21.9 Å². The molecule has 0 bridgehead atoms. The number of nitrogens with one attached hydrogen (secondary N) is 1. The van der Waals surface area contributed by atoms with Gasteiger partial charge in [0.25, 0.3) is 0 Å². The minimum Gasteiger partial charge on any atom is -0.325 e. The molecule has 0 spiro atoms. The quantitative estimate of drug-likeness (QED) is 0.769. The van der Waals surface area contributed by atoms with Crippen LogP contribution in [-0.2, 0) is 19.6 Å². The Morgan fingerprint density at radius 2 is 2.12 bits per heavy atom. The fraction of sp³-hybridized carbons (Fsp3) is 0.750. The van der Waals surface area contributed by atoms with Crippen LogP contribution >= 0.6 is 0 Å². The summed E-state index contributed by atoms with van der Waals surface area (Å²) in [4.78, 5) is 2.39. The maximum Gasteiger partial charge on any atom is 0.0811 e. The molecule has 2 aliphatic heterocycles. The second-order valence-corrected chi connectivity index (χ2v) is 5.16. The number of aromatic nitrogens is 2. The summed E-state index contributed by atoms with van der Waals surface area (Å²) in [6, 6.07) is 0.551. The molecule has 3 heterocycles. The lowest BCUT2D eigenvalue weighted by molar-refractivity contribution is 0.209. The molecule has 94 valence electrons. The predicted molar refractivity (Wildman–Crippen MR) is 66.4 cm³/mol. The van der Waals surface area contributed by atoms with Crippen LogP contribution in [0.4, 0.5) is 0 Å². The van der Waals surface area contributed by atoms with E-state index in [1.165, 1.54) is 29.8 Å². The van der Waals surface area contributed by atoms with E-state index >= 15 is 0 Å². The highest BCUT2D eigenvalue weighted by molar-refractivity contribution is 5.30. The van der Waals surface area contributed by atoms with Gasteiger partial charge in [0.15, 0.2) is 0 Å². The average molecular weight is 235 g/mol. The van der Waals surface area contributed by atoms with Gasteiger partial charge >= 0.3 is 0 Å². The Bertz CT molecular complexity index is 403. The molecule has 0 radical (unpaired) electrons. The van der Waals surface area contributed by atoms with E-state index in [1.807, 2.05) is 0 Å². The third-order valence-electron chi connectivity index (χ3n) is 4.02. The Morgan fingerprint density at radius 1 is 1.35 bits per heavy atom. The Kier molecular flexibility index (Phi) is 2.90. The maximum atomic E-state index is 5.90. The standard InChI is InChI=1S/C12H21N5/c1-16-4-2-9(3-5-16)17-12(6-13)10-7-14-8-11(10)15-17/h9,14H,2-8,13H2,1H3. The van der Waals surface area contributed by atoms with E-state index in [1.54, 1.807) is 0 Å². The van der Waals surface area contributed by atoms with Gasteiger partial charge in [-0.15, -0.1) is 0 Å². The zero-order valence-corrected chi connectivity index (χ0v) is 10.4. The van der Waals surface area contributed by atoms with Crippen LogP contribution in [-0.4, -0.2) is 34.8 Å². The number of hydrogen-bond acceptors (Lipinski definition) is 4. The van der Waals surface area contributed by atoms with Crippen molar-refractivity contribution < 1.29 is 0 Å². The van der Waals surface area contributed by atoms with Crippen LogP contribution in [0.1, 0.15) is 35.8 Å². The molecule has 5 nitrogen and oxygen atoms in total. The number of piperidine rings is 1. The molecule has 0 saturated carbocycles. The lowest BCUT2D eigenvalue weighted by Gasteiger charge is -2.30. The van der Waals surface area contributed by atoms with Crippen molar-refractivity contribution >= 4 is 0 Å². The number of likely N-dealkylation sites (tertiary alicyclic amines) is 1. The fourth-order valence-electron chi connectivity index (χ4n) is 2.97. The minimum absolute atomic E-state index is 0.551. The summed E-state index contributed by atoms with van der Waals surface area (Å²) >= 11 is 0. The summed E-state index contributed by atoms with van der Waals surface area (Å²) in [5.41, 5.74) is 9.72. The van der Waals surface area contributed by atoms with Crippen LogP contribution in [0.5, 0.6) is 0 Å². The second-order valence-electron chi connectivity index (χ2n) is 5.16. The molecular formula is C12H21N5. The van der Waals surface area contributed by atoms with Crippen molar-refractivity contribution in [1.82, 2.24) is 20.0 Å². The molecular weight excluding hydrogens is 214 g/mol. The summed E-state index contributed by atoms with van der Waals surface area (Å²) in [5, 5.41) is 8.11. The summed E-state index contributed by atoms with van der Waals surface area (Å²) in [7, 11) is 2.19. The van der Waals surface area contributed by atoms with Crippen LogP contribution in [0.2, 0.25) is 0 Å². The first-order valence-corrected chi connectivity index (χ1v) is 6.48. The van der Waals surface area contributed by atoms with Crippen LogP contribution in [0.15, 0.2) is 0 Å². The van der Waals surface area contributed by atoms with Gasteiger partial charge in [-0.3, -0.25) is 4.68 Å². The van der Waals surface area contributed by atoms with Gasteiger partial charge in [-0.05, 0) is 33.0 Å². The van der Waals surface area contributed by atoms with Crippen molar-refractivity contribution in [1.29, 1.82) is 0 Å². The van der Waals surface area contributed by atoms with Crippen LogP contribution in [0.25, 0.3) is 0 Å². The summed E-state index contributed by atoms with van der Waals surface area (Å²) in [6.07, 6.45) is 2.38. The average Bonchev–Trinajstić information content (AvgIpc) is 2.89. The van der Waals surface area contributed by atoms with Gasteiger partial charge in [-0.25, -0.2) is 0 Å². The van der Waals surface area contributed by atoms with Gasteiger partial charge in [-0.1, -0.05) is 0 Å². The smallest absolute Gasteiger partial charge is 0.0811 e. The van der Waals surface area contributed by atoms with Gasteiger partial charge in [0.2, 0.25) is 0 Å². The first-order valence-electron chi connectivity index (χ1n) is 6.48. The number of fused-ring (bicyclic) bond motifs is 1. The Morgan fingerprint density at radius 3 is 2.82 bits per heavy atom. The van der Waals surface area contributed by atoms with Gasteiger partial charge in [0.1, 0.15) is 0 Å². The monoisotopic (exact) mass is 235 g/mol. The molecule has 0 atom stereocenters. The van der Waals surface area contributed by atoms with E-state index in [-0.39, 0.29) is 0 Å². The molecule has 1 fully saturated rings. The number of nitrogens with two attached hydrogens (primary N) is 1. The SMILES string of the molecule is CN1CCC(n2nc3c(c2CN)CNC3)CC1. The molecule has 0 unspecified atom stereocenters. The van der Waals surface area contributed by atoms with Crippen LogP contribution < -0.4 is 11.1 Å². The molecule has 1 saturated heterocycles. The van der Waals surface area contributed by atoms with Gasteiger partial charge in [0.05, 0.1) is 17.4 Å². The summed E-state index contributed by atoms with van der Waals surface area (Å²) < 4.78 is 2.22. The summed E-state index contributed by atoms with van der Waals surface area (Å²) in [5.74, 6) is 0. The molecule has 5 heteroatoms. The molecule has 3 rings (SSSR count). The first-order chi connectivity index (χ1) is 8.29. The van der Waals surface area contributed by atoms with Crippen LogP contribution in [0.3, 0.4) is 0 Å². The zero-order chi connectivity index (χ0) is 11.8. The largest absolute Gasteiger partial charge is 0.325 e. The van der Waals surface area contributed by atoms with Gasteiger partial charge in [0, 0.05) is 25.2 Å². The summed E-state index contributed by atoms with van der Waals surface area (Å²) in [6.45, 7) is 4.78. The van der Waals surface area contributed by atoms with Crippen LogP contribution in [0, 0.1) is 0 Å². The van der Waals surface area contributed by atoms with Gasteiger partial charge in [-0.2, -0.15) is 5.10 Å². The molecule has 0 amide bonds. The normalized spacial score (nSPS) is 22.0. The third-order valence-corrected chi connectivity index (χ3v) is 4.02. The van der Waals surface area contributed by atoms with E-state index < -0.39 is 0 Å². The minimum atomic E-state index is 0.551. The highest BCUT2D eigenvalue weighted by Crippen LogP contribution is 2.27. The van der Waals surface area contributed by atoms with E-state index in [4.69, 9.17) is 10.8 Å². The van der Waals surface area contributed by atoms with E-state index in [0.717, 1.165) is 26.2 Å². The molecule has 3 N–H and O–H groups in total. The number of rotatable bonds is 2. The molecule has 1 aromatic rings. The Balaban J connectivity index is 1.87. The first kappa shape index (κ1) is 11.2. The Hall–Kier alpha value is -0.910. The highest BCUT2D eigenvalue weighted by atomic mass is 15.3. The molecule has 17 heavy (non-hydrogen) atoms. The van der Waals surface area contributed by atoms with Gasteiger partial charge < -0.3 is 16.0 Å². The van der Waals surface area contributed by atoms with E-state index in [0.29, 0.717) is 12.6 Å². The fourth-order valence-corrected chi connectivity index (χ4v) is 2.97. The Labute approximate surface area is 102 Å². The third kappa shape index (κ3) is 1.88. The van der Waals surface area contributed by atoms with Crippen molar-refractivity contribution in [2.45, 2.75) is 38.5 Å². The molecule has 2 aliphatic rings. The van der Waals surface area contributed by atoms with Crippen molar-refractivity contribution in [3.05, 3.63) is 17.0 Å². The lowest BCUT2D eigenvalue weighted by atomic mass is 10.1. The number of hydrogen-bond donors (Lipinski definition) is 2. The molecule has 0 aromatic carbocycles. The zero-order valence-electron chi connectivity index (χ0n) is 10.4. The van der Waals surface area contributed by atoms with Crippen molar-refractivity contribution in [3.63, 3.8) is 0 Å². The van der Waals surface area contributed by atoms with Crippen molar-refractivity contribution in [2.24, 2.45) is 5.73 Å². The predicted octanol–water partition coefficient (Wildman–Crippen LogP) is 0.212. The molecule has 1 aromatic heterocycles. The molecule has 0 aliphatic carbocycles. The highest BCUT2D eigenvalue weighted by Gasteiger charge is 2.26. The number of nitrogens with zero attached hydrogens (tertiary/aromatic N) is 3. The topological polar surface area (TPSA) is 59.1 Å². The maximum absolute atomic E-state index is 5.90. The van der Waals surface area contributed by atoms with E-state index in [9.17, 15) is 0 Å².